The van der Waals surface area contributed by atoms with Gasteiger partial charge in [-0.1, -0.05) is 0 Å². The molecule has 0 saturated heterocycles. The highest BCUT2D eigenvalue weighted by Crippen LogP contribution is 2.22. The Morgan fingerprint density at radius 1 is 1.57 bits per heavy atom. The summed E-state index contributed by atoms with van der Waals surface area (Å²) >= 11 is 1.54. The van der Waals surface area contributed by atoms with E-state index in [1.54, 1.807) is 24.0 Å². The second-order valence-electron chi connectivity index (χ2n) is 3.07. The Kier molecular flexibility index (Phi) is 2.35. The Balaban J connectivity index is 2.33. The quantitative estimate of drug-likeness (QED) is 0.810. The van der Waals surface area contributed by atoms with Crippen molar-refractivity contribution >= 4 is 11.3 Å². The van der Waals surface area contributed by atoms with Crippen LogP contribution in [0.2, 0.25) is 0 Å². The number of nitrogens with zero attached hydrogens (tertiary/aromatic N) is 3. The molecule has 1 N–H and O–H groups in total. The molecule has 1 atom stereocenters. The van der Waals surface area contributed by atoms with Crippen molar-refractivity contribution in [2.24, 2.45) is 7.05 Å². The molecular weight excluding hydrogens is 198 g/mol. The van der Waals surface area contributed by atoms with E-state index in [0.29, 0.717) is 5.69 Å². The van der Waals surface area contributed by atoms with Gasteiger partial charge in [-0.25, -0.2) is 4.98 Å². The highest BCUT2D eigenvalue weighted by molar-refractivity contribution is 7.09. The number of hydrogen-bond donors (Lipinski definition) is 1. The first-order chi connectivity index (χ1) is 6.68. The van der Waals surface area contributed by atoms with Crippen molar-refractivity contribution in [1.82, 2.24) is 14.8 Å². The third-order valence-corrected chi connectivity index (χ3v) is 2.85. The van der Waals surface area contributed by atoms with Crippen LogP contribution in [0.25, 0.3) is 0 Å². The zero-order valence-electron chi connectivity index (χ0n) is 8.01. The Morgan fingerprint density at radius 3 is 2.86 bits per heavy atom. The normalized spacial score (nSPS) is 13.1. The van der Waals surface area contributed by atoms with Crippen molar-refractivity contribution in [3.05, 3.63) is 34.0 Å². The molecule has 2 heterocycles. The number of rotatable bonds is 2. The van der Waals surface area contributed by atoms with E-state index < -0.39 is 6.10 Å². The molecule has 0 saturated carbocycles. The van der Waals surface area contributed by atoms with Gasteiger partial charge in [0, 0.05) is 18.6 Å². The van der Waals surface area contributed by atoms with Crippen molar-refractivity contribution in [2.75, 3.05) is 0 Å². The molecule has 0 aliphatic rings. The molecule has 0 spiro atoms. The van der Waals surface area contributed by atoms with Gasteiger partial charge in [-0.2, -0.15) is 5.10 Å². The van der Waals surface area contributed by atoms with E-state index in [9.17, 15) is 5.11 Å². The molecule has 0 aromatic carbocycles. The molecule has 14 heavy (non-hydrogen) atoms. The van der Waals surface area contributed by atoms with Crippen LogP contribution in [0.3, 0.4) is 0 Å². The standard InChI is InChI=1S/C9H11N3OS/c1-6-11-7(5-14-6)9(13)8-3-4-10-12(8)2/h3-5,9,13H,1-2H3. The molecule has 0 radical (unpaired) electrons. The van der Waals surface area contributed by atoms with Crippen LogP contribution in [0.5, 0.6) is 0 Å². The van der Waals surface area contributed by atoms with E-state index in [-0.39, 0.29) is 0 Å². The van der Waals surface area contributed by atoms with Crippen molar-refractivity contribution in [1.29, 1.82) is 0 Å². The van der Waals surface area contributed by atoms with Crippen LogP contribution in [0.15, 0.2) is 17.6 Å². The third kappa shape index (κ3) is 1.56. The predicted octanol–water partition coefficient (Wildman–Crippen LogP) is 1.27. The fraction of sp³-hybridized carbons (Fsp3) is 0.333. The lowest BCUT2D eigenvalue weighted by Crippen LogP contribution is -2.06. The zero-order valence-corrected chi connectivity index (χ0v) is 8.82. The second kappa shape index (κ2) is 3.51. The monoisotopic (exact) mass is 209 g/mol. The Bertz CT molecular complexity index is 435. The van der Waals surface area contributed by atoms with E-state index in [4.69, 9.17) is 0 Å². The van der Waals surface area contributed by atoms with E-state index >= 15 is 0 Å². The van der Waals surface area contributed by atoms with Gasteiger partial charge in [0.25, 0.3) is 0 Å². The van der Waals surface area contributed by atoms with Gasteiger partial charge < -0.3 is 5.11 Å². The fourth-order valence-electron chi connectivity index (χ4n) is 1.31. The molecule has 5 heteroatoms. The molecule has 0 amide bonds. The zero-order chi connectivity index (χ0) is 10.1. The van der Waals surface area contributed by atoms with Crippen LogP contribution in [0, 0.1) is 6.92 Å². The van der Waals surface area contributed by atoms with E-state index in [0.717, 1.165) is 10.7 Å². The van der Waals surface area contributed by atoms with Gasteiger partial charge in [0.2, 0.25) is 0 Å². The van der Waals surface area contributed by atoms with Crippen LogP contribution >= 0.6 is 11.3 Å². The summed E-state index contributed by atoms with van der Waals surface area (Å²) in [5.74, 6) is 0. The van der Waals surface area contributed by atoms with E-state index in [2.05, 4.69) is 10.1 Å². The summed E-state index contributed by atoms with van der Waals surface area (Å²) in [7, 11) is 1.80. The van der Waals surface area contributed by atoms with Gasteiger partial charge in [-0.05, 0) is 13.0 Å². The average molecular weight is 209 g/mol. The lowest BCUT2D eigenvalue weighted by atomic mass is 10.2. The van der Waals surface area contributed by atoms with Gasteiger partial charge >= 0.3 is 0 Å². The molecule has 0 fully saturated rings. The first-order valence-electron chi connectivity index (χ1n) is 4.26. The minimum absolute atomic E-state index is 0.674. The molecular formula is C9H11N3OS. The van der Waals surface area contributed by atoms with Crippen LogP contribution in [-0.2, 0) is 7.05 Å². The maximum atomic E-state index is 9.96. The molecule has 74 valence electrons. The number of thiazole rings is 1. The number of aromatic nitrogens is 3. The maximum absolute atomic E-state index is 9.96. The molecule has 0 aliphatic carbocycles. The van der Waals surface area contributed by atoms with Gasteiger partial charge in [0.05, 0.1) is 16.4 Å². The fourth-order valence-corrected chi connectivity index (χ4v) is 1.94. The topological polar surface area (TPSA) is 50.9 Å². The summed E-state index contributed by atoms with van der Waals surface area (Å²) in [5, 5.41) is 16.8. The smallest absolute Gasteiger partial charge is 0.138 e. The second-order valence-corrected chi connectivity index (χ2v) is 4.14. The van der Waals surface area contributed by atoms with Gasteiger partial charge in [-0.15, -0.1) is 11.3 Å². The van der Waals surface area contributed by atoms with Crippen LogP contribution < -0.4 is 0 Å². The Labute approximate surface area is 85.8 Å². The maximum Gasteiger partial charge on any atom is 0.138 e. The Morgan fingerprint density at radius 2 is 2.36 bits per heavy atom. The Hall–Kier alpha value is -1.20. The summed E-state index contributed by atoms with van der Waals surface area (Å²) in [5.41, 5.74) is 1.45. The number of aliphatic hydroxyl groups is 1. The van der Waals surface area contributed by atoms with E-state index in [1.807, 2.05) is 12.3 Å². The van der Waals surface area contributed by atoms with Gasteiger partial charge in [0.1, 0.15) is 6.10 Å². The summed E-state index contributed by atoms with van der Waals surface area (Å²) in [6.45, 7) is 1.92. The summed E-state index contributed by atoms with van der Waals surface area (Å²) in [4.78, 5) is 4.24. The number of hydrogen-bond acceptors (Lipinski definition) is 4. The lowest BCUT2D eigenvalue weighted by Gasteiger charge is -2.07. The van der Waals surface area contributed by atoms with Crippen LogP contribution in [0.4, 0.5) is 0 Å². The van der Waals surface area contributed by atoms with E-state index in [1.165, 1.54) is 11.3 Å². The SMILES string of the molecule is Cc1nc(C(O)c2ccnn2C)cs1. The first kappa shape index (κ1) is 9.36. The predicted molar refractivity (Wildman–Crippen MR) is 54.1 cm³/mol. The van der Waals surface area contributed by atoms with Crippen molar-refractivity contribution in [3.63, 3.8) is 0 Å². The van der Waals surface area contributed by atoms with Gasteiger partial charge in [-0.3, -0.25) is 4.68 Å². The molecule has 4 nitrogen and oxygen atoms in total. The van der Waals surface area contributed by atoms with Crippen molar-refractivity contribution in [2.45, 2.75) is 13.0 Å². The molecule has 1 unspecified atom stereocenters. The summed E-state index contributed by atoms with van der Waals surface area (Å²) < 4.78 is 1.65. The molecule has 0 bridgehead atoms. The van der Waals surface area contributed by atoms with Gasteiger partial charge in [0.15, 0.2) is 0 Å². The molecule has 2 rings (SSSR count). The molecule has 2 aromatic rings. The number of aryl methyl sites for hydroxylation is 2. The summed E-state index contributed by atoms with van der Waals surface area (Å²) in [6.07, 6.45) is 0.991. The third-order valence-electron chi connectivity index (χ3n) is 2.06. The minimum atomic E-state index is -0.674. The molecule has 2 aromatic heterocycles. The average Bonchev–Trinajstić information content (AvgIpc) is 2.73. The first-order valence-corrected chi connectivity index (χ1v) is 5.14. The highest BCUT2D eigenvalue weighted by Gasteiger charge is 2.16. The van der Waals surface area contributed by atoms with Crippen LogP contribution in [-0.4, -0.2) is 19.9 Å². The lowest BCUT2D eigenvalue weighted by molar-refractivity contribution is 0.205. The highest BCUT2D eigenvalue weighted by atomic mass is 32.1. The van der Waals surface area contributed by atoms with Crippen molar-refractivity contribution < 1.29 is 5.11 Å². The number of aliphatic hydroxyl groups excluding tert-OH is 1. The minimum Gasteiger partial charge on any atom is -0.380 e. The largest absolute Gasteiger partial charge is 0.380 e. The molecule has 0 aliphatic heterocycles. The van der Waals surface area contributed by atoms with Crippen molar-refractivity contribution in [3.8, 4) is 0 Å². The summed E-state index contributed by atoms with van der Waals surface area (Å²) in [6, 6.07) is 1.79. The van der Waals surface area contributed by atoms with Crippen LogP contribution in [0.1, 0.15) is 22.5 Å².